The van der Waals surface area contributed by atoms with Gasteiger partial charge in [0.15, 0.2) is 0 Å². The third-order valence-corrected chi connectivity index (χ3v) is 3.42. The maximum atomic E-state index is 9.94. The fourth-order valence-electron chi connectivity index (χ4n) is 2.07. The van der Waals surface area contributed by atoms with E-state index in [0.29, 0.717) is 0 Å². The molecule has 2 atom stereocenters. The van der Waals surface area contributed by atoms with E-state index in [1.165, 1.54) is 19.5 Å². The Kier molecular flexibility index (Phi) is 4.39. The highest BCUT2D eigenvalue weighted by molar-refractivity contribution is 4.79. The Morgan fingerprint density at radius 1 is 1.36 bits per heavy atom. The standard InChI is InChI=1S/C12H25NO/c1-4-11(2)10-13-8-5-6-12(3,14)7-9-13/h11,14H,4-10H2,1-3H3. The molecule has 1 aliphatic heterocycles. The molecule has 14 heavy (non-hydrogen) atoms. The summed E-state index contributed by atoms with van der Waals surface area (Å²) in [4.78, 5) is 2.51. The topological polar surface area (TPSA) is 23.5 Å². The van der Waals surface area contributed by atoms with Crippen LogP contribution in [0.1, 0.15) is 46.5 Å². The summed E-state index contributed by atoms with van der Waals surface area (Å²) < 4.78 is 0. The Morgan fingerprint density at radius 3 is 2.71 bits per heavy atom. The molecule has 0 aromatic carbocycles. The van der Waals surface area contributed by atoms with Crippen molar-refractivity contribution in [1.82, 2.24) is 4.90 Å². The summed E-state index contributed by atoms with van der Waals surface area (Å²) in [5.41, 5.74) is -0.412. The second kappa shape index (κ2) is 5.13. The van der Waals surface area contributed by atoms with E-state index in [2.05, 4.69) is 18.7 Å². The molecule has 0 bridgehead atoms. The predicted molar refractivity (Wildman–Crippen MR) is 60.4 cm³/mol. The molecule has 1 saturated heterocycles. The van der Waals surface area contributed by atoms with Crippen molar-refractivity contribution in [1.29, 1.82) is 0 Å². The molecule has 0 amide bonds. The van der Waals surface area contributed by atoms with E-state index in [1.54, 1.807) is 0 Å². The molecule has 0 saturated carbocycles. The summed E-state index contributed by atoms with van der Waals surface area (Å²) in [6, 6.07) is 0. The lowest BCUT2D eigenvalue weighted by atomic mass is 9.98. The SMILES string of the molecule is CCC(C)CN1CCCC(C)(O)CC1. The summed E-state index contributed by atoms with van der Waals surface area (Å²) in [5, 5.41) is 9.94. The first-order valence-electron chi connectivity index (χ1n) is 5.98. The Hall–Kier alpha value is -0.0800. The van der Waals surface area contributed by atoms with Gasteiger partial charge in [0.2, 0.25) is 0 Å². The van der Waals surface area contributed by atoms with Gasteiger partial charge >= 0.3 is 0 Å². The van der Waals surface area contributed by atoms with Gasteiger partial charge in [0, 0.05) is 13.1 Å². The van der Waals surface area contributed by atoms with Crippen LogP contribution < -0.4 is 0 Å². The minimum absolute atomic E-state index is 0.412. The summed E-state index contributed by atoms with van der Waals surface area (Å²) in [6.45, 7) is 9.96. The monoisotopic (exact) mass is 199 g/mol. The number of rotatable bonds is 3. The third kappa shape index (κ3) is 3.97. The molecule has 0 aromatic heterocycles. The van der Waals surface area contributed by atoms with E-state index in [9.17, 15) is 5.11 Å². The van der Waals surface area contributed by atoms with Gasteiger partial charge in [0.1, 0.15) is 0 Å². The van der Waals surface area contributed by atoms with E-state index >= 15 is 0 Å². The summed E-state index contributed by atoms with van der Waals surface area (Å²) in [5.74, 6) is 0.790. The Labute approximate surface area is 88.3 Å². The first-order chi connectivity index (χ1) is 6.53. The lowest BCUT2D eigenvalue weighted by molar-refractivity contribution is 0.0442. The van der Waals surface area contributed by atoms with Gasteiger partial charge in [-0.25, -0.2) is 0 Å². The molecule has 0 aromatic rings. The van der Waals surface area contributed by atoms with Crippen LogP contribution in [0.3, 0.4) is 0 Å². The summed E-state index contributed by atoms with van der Waals surface area (Å²) in [6.07, 6.45) is 4.30. The largest absolute Gasteiger partial charge is 0.390 e. The van der Waals surface area contributed by atoms with E-state index in [0.717, 1.165) is 31.7 Å². The van der Waals surface area contributed by atoms with E-state index < -0.39 is 5.60 Å². The number of nitrogens with zero attached hydrogens (tertiary/aromatic N) is 1. The Balaban J connectivity index is 2.35. The average molecular weight is 199 g/mol. The van der Waals surface area contributed by atoms with Gasteiger partial charge in [-0.15, -0.1) is 0 Å². The predicted octanol–water partition coefficient (Wildman–Crippen LogP) is 2.27. The van der Waals surface area contributed by atoms with Crippen LogP contribution in [0.25, 0.3) is 0 Å². The second-order valence-corrected chi connectivity index (χ2v) is 5.16. The van der Waals surface area contributed by atoms with Gasteiger partial charge in [-0.2, -0.15) is 0 Å². The molecule has 0 aliphatic carbocycles. The molecule has 2 unspecified atom stereocenters. The van der Waals surface area contributed by atoms with Gasteiger partial charge in [-0.05, 0) is 38.6 Å². The quantitative estimate of drug-likeness (QED) is 0.753. The Morgan fingerprint density at radius 2 is 2.07 bits per heavy atom. The van der Waals surface area contributed by atoms with Crippen molar-refractivity contribution in [3.05, 3.63) is 0 Å². The zero-order chi connectivity index (χ0) is 10.6. The molecular formula is C12H25NO. The van der Waals surface area contributed by atoms with Gasteiger partial charge in [-0.3, -0.25) is 0 Å². The van der Waals surface area contributed by atoms with Crippen LogP contribution in [0.15, 0.2) is 0 Å². The highest BCUT2D eigenvalue weighted by Crippen LogP contribution is 2.22. The lowest BCUT2D eigenvalue weighted by Gasteiger charge is -2.24. The molecule has 1 rings (SSSR count). The Bertz CT molecular complexity index is 168. The van der Waals surface area contributed by atoms with E-state index in [1.807, 2.05) is 6.92 Å². The lowest BCUT2D eigenvalue weighted by Crippen LogP contribution is -2.31. The minimum Gasteiger partial charge on any atom is -0.390 e. The van der Waals surface area contributed by atoms with Crippen molar-refractivity contribution < 1.29 is 5.11 Å². The smallest absolute Gasteiger partial charge is 0.0632 e. The zero-order valence-electron chi connectivity index (χ0n) is 9.92. The maximum Gasteiger partial charge on any atom is 0.0632 e. The number of likely N-dealkylation sites (tertiary alicyclic amines) is 1. The van der Waals surface area contributed by atoms with Crippen molar-refractivity contribution in [2.75, 3.05) is 19.6 Å². The number of aliphatic hydroxyl groups is 1. The molecular weight excluding hydrogens is 174 g/mol. The molecule has 0 spiro atoms. The third-order valence-electron chi connectivity index (χ3n) is 3.42. The molecule has 1 fully saturated rings. The van der Waals surface area contributed by atoms with Gasteiger partial charge in [0.25, 0.3) is 0 Å². The number of hydrogen-bond donors (Lipinski definition) is 1. The highest BCUT2D eigenvalue weighted by Gasteiger charge is 2.25. The van der Waals surface area contributed by atoms with Gasteiger partial charge in [0.05, 0.1) is 5.60 Å². The minimum atomic E-state index is -0.412. The van der Waals surface area contributed by atoms with Crippen LogP contribution in [0, 0.1) is 5.92 Å². The molecule has 1 aliphatic rings. The second-order valence-electron chi connectivity index (χ2n) is 5.16. The van der Waals surface area contributed by atoms with Crippen molar-refractivity contribution in [3.8, 4) is 0 Å². The van der Waals surface area contributed by atoms with Crippen LogP contribution >= 0.6 is 0 Å². The van der Waals surface area contributed by atoms with Crippen molar-refractivity contribution in [3.63, 3.8) is 0 Å². The van der Waals surface area contributed by atoms with Crippen LogP contribution in [0.5, 0.6) is 0 Å². The van der Waals surface area contributed by atoms with E-state index in [-0.39, 0.29) is 0 Å². The fraction of sp³-hybridized carbons (Fsp3) is 1.00. The van der Waals surface area contributed by atoms with Crippen LogP contribution in [0.4, 0.5) is 0 Å². The molecule has 0 radical (unpaired) electrons. The van der Waals surface area contributed by atoms with Gasteiger partial charge in [-0.1, -0.05) is 20.3 Å². The molecule has 2 nitrogen and oxygen atoms in total. The first-order valence-corrected chi connectivity index (χ1v) is 5.98. The normalized spacial score (nSPS) is 32.6. The molecule has 84 valence electrons. The zero-order valence-corrected chi connectivity index (χ0v) is 9.92. The molecule has 2 heteroatoms. The van der Waals surface area contributed by atoms with E-state index in [4.69, 9.17) is 0 Å². The molecule has 1 N–H and O–H groups in total. The van der Waals surface area contributed by atoms with Crippen molar-refractivity contribution >= 4 is 0 Å². The van der Waals surface area contributed by atoms with Gasteiger partial charge < -0.3 is 10.0 Å². The highest BCUT2D eigenvalue weighted by atomic mass is 16.3. The summed E-state index contributed by atoms with van der Waals surface area (Å²) >= 11 is 0. The maximum absolute atomic E-state index is 9.94. The average Bonchev–Trinajstić information content (AvgIpc) is 2.28. The molecule has 1 heterocycles. The first kappa shape index (κ1) is 12.0. The van der Waals surface area contributed by atoms with Crippen LogP contribution in [-0.4, -0.2) is 35.2 Å². The fourth-order valence-corrected chi connectivity index (χ4v) is 2.07. The van der Waals surface area contributed by atoms with Crippen LogP contribution in [-0.2, 0) is 0 Å². The number of hydrogen-bond acceptors (Lipinski definition) is 2. The van der Waals surface area contributed by atoms with Crippen molar-refractivity contribution in [2.24, 2.45) is 5.92 Å². The van der Waals surface area contributed by atoms with Crippen LogP contribution in [0.2, 0.25) is 0 Å². The van der Waals surface area contributed by atoms with Crippen molar-refractivity contribution in [2.45, 2.75) is 52.1 Å². The summed E-state index contributed by atoms with van der Waals surface area (Å²) in [7, 11) is 0.